The number of rotatable bonds is 5. The average molecular weight is 268 g/mol. The van der Waals surface area contributed by atoms with Crippen LogP contribution in [0.2, 0.25) is 0 Å². The highest BCUT2D eigenvalue weighted by molar-refractivity contribution is 5.03. The summed E-state index contributed by atoms with van der Waals surface area (Å²) in [6.07, 6.45) is 9.50. The Labute approximate surface area is 119 Å². The minimum Gasteiger partial charge on any atom is -0.385 e. The minimum atomic E-state index is 0.268. The highest BCUT2D eigenvalue weighted by Crippen LogP contribution is 2.37. The molecule has 2 rings (SSSR count). The van der Waals surface area contributed by atoms with Gasteiger partial charge in [-0.1, -0.05) is 19.3 Å². The van der Waals surface area contributed by atoms with Crippen molar-refractivity contribution in [2.75, 3.05) is 33.4 Å². The Kier molecular flexibility index (Phi) is 5.27. The normalized spacial score (nSPS) is 26.7. The third kappa shape index (κ3) is 3.93. The van der Waals surface area contributed by atoms with Crippen molar-refractivity contribution in [1.29, 1.82) is 0 Å². The van der Waals surface area contributed by atoms with Gasteiger partial charge < -0.3 is 10.1 Å². The van der Waals surface area contributed by atoms with Crippen molar-refractivity contribution in [1.82, 2.24) is 10.2 Å². The van der Waals surface area contributed by atoms with Gasteiger partial charge in [0.05, 0.1) is 0 Å². The van der Waals surface area contributed by atoms with E-state index in [9.17, 15) is 0 Å². The van der Waals surface area contributed by atoms with Gasteiger partial charge in [-0.25, -0.2) is 0 Å². The van der Waals surface area contributed by atoms with Gasteiger partial charge in [-0.2, -0.15) is 0 Å². The van der Waals surface area contributed by atoms with E-state index >= 15 is 0 Å². The van der Waals surface area contributed by atoms with Crippen LogP contribution in [0.15, 0.2) is 0 Å². The SMILES string of the molecule is COCCCCN1CC(C)(C)NCC12CCCCC2. The second-order valence-electron chi connectivity index (χ2n) is 7.14. The molecule has 1 saturated carbocycles. The molecule has 1 saturated heterocycles. The molecule has 3 nitrogen and oxygen atoms in total. The lowest BCUT2D eigenvalue weighted by atomic mass is 9.77. The first-order valence-electron chi connectivity index (χ1n) is 8.07. The van der Waals surface area contributed by atoms with E-state index < -0.39 is 0 Å². The molecule has 0 aromatic heterocycles. The van der Waals surface area contributed by atoms with Crippen LogP contribution in [-0.4, -0.2) is 49.3 Å². The first-order chi connectivity index (χ1) is 9.08. The van der Waals surface area contributed by atoms with Crippen LogP contribution in [0.1, 0.15) is 58.8 Å². The molecule has 1 spiro atoms. The van der Waals surface area contributed by atoms with Crippen LogP contribution in [0.3, 0.4) is 0 Å². The van der Waals surface area contributed by atoms with Crippen LogP contribution in [0.25, 0.3) is 0 Å². The Hall–Kier alpha value is -0.120. The van der Waals surface area contributed by atoms with Crippen LogP contribution in [0, 0.1) is 0 Å². The van der Waals surface area contributed by atoms with E-state index in [2.05, 4.69) is 24.1 Å². The second-order valence-corrected chi connectivity index (χ2v) is 7.14. The van der Waals surface area contributed by atoms with Crippen molar-refractivity contribution in [2.45, 2.75) is 69.9 Å². The van der Waals surface area contributed by atoms with Gasteiger partial charge in [0, 0.05) is 37.9 Å². The van der Waals surface area contributed by atoms with Gasteiger partial charge in [0.15, 0.2) is 0 Å². The third-order valence-corrected chi connectivity index (χ3v) is 4.96. The zero-order chi connectivity index (χ0) is 13.8. The lowest BCUT2D eigenvalue weighted by Crippen LogP contribution is -2.68. The molecule has 1 aliphatic heterocycles. The van der Waals surface area contributed by atoms with Crippen LogP contribution in [0.4, 0.5) is 0 Å². The lowest BCUT2D eigenvalue weighted by Gasteiger charge is -2.54. The smallest absolute Gasteiger partial charge is 0.0462 e. The zero-order valence-corrected chi connectivity index (χ0v) is 13.1. The Balaban J connectivity index is 1.95. The van der Waals surface area contributed by atoms with Crippen molar-refractivity contribution in [2.24, 2.45) is 0 Å². The highest BCUT2D eigenvalue weighted by atomic mass is 16.5. The molecule has 112 valence electrons. The number of hydrogen-bond acceptors (Lipinski definition) is 3. The number of nitrogens with zero attached hydrogens (tertiary/aromatic N) is 1. The first-order valence-corrected chi connectivity index (χ1v) is 8.07. The zero-order valence-electron chi connectivity index (χ0n) is 13.1. The molecule has 2 aliphatic rings. The van der Waals surface area contributed by atoms with Gasteiger partial charge in [0.1, 0.15) is 0 Å². The molecule has 0 atom stereocenters. The maximum atomic E-state index is 5.18. The Morgan fingerprint density at radius 3 is 2.53 bits per heavy atom. The quantitative estimate of drug-likeness (QED) is 0.776. The molecule has 1 heterocycles. The summed E-state index contributed by atoms with van der Waals surface area (Å²) in [5.41, 5.74) is 0.727. The molecule has 0 bridgehead atoms. The molecule has 3 heteroatoms. The van der Waals surface area contributed by atoms with E-state index in [1.54, 1.807) is 7.11 Å². The van der Waals surface area contributed by atoms with E-state index in [4.69, 9.17) is 4.74 Å². The van der Waals surface area contributed by atoms with Crippen LogP contribution in [-0.2, 0) is 4.74 Å². The number of piperazine rings is 1. The highest BCUT2D eigenvalue weighted by Gasteiger charge is 2.43. The molecule has 0 aromatic carbocycles. The topological polar surface area (TPSA) is 24.5 Å². The standard InChI is InChI=1S/C16H32N2O/c1-15(2)14-18(11-7-8-12-19-3)16(13-17-15)9-5-4-6-10-16/h17H,4-14H2,1-3H3. The van der Waals surface area contributed by atoms with E-state index in [0.717, 1.165) is 6.61 Å². The molecule has 1 N–H and O–H groups in total. The fraction of sp³-hybridized carbons (Fsp3) is 1.00. The number of unbranched alkanes of at least 4 members (excludes halogenated alkanes) is 1. The maximum absolute atomic E-state index is 5.18. The maximum Gasteiger partial charge on any atom is 0.0462 e. The summed E-state index contributed by atoms with van der Waals surface area (Å²) in [7, 11) is 1.80. The Morgan fingerprint density at radius 2 is 1.84 bits per heavy atom. The van der Waals surface area contributed by atoms with Gasteiger partial charge in [0.25, 0.3) is 0 Å². The Bertz CT molecular complexity index is 272. The number of nitrogens with one attached hydrogen (secondary N) is 1. The van der Waals surface area contributed by atoms with Crippen molar-refractivity contribution in [3.63, 3.8) is 0 Å². The molecule has 0 aromatic rings. The lowest BCUT2D eigenvalue weighted by molar-refractivity contribution is -0.0117. The van der Waals surface area contributed by atoms with Crippen molar-refractivity contribution in [3.8, 4) is 0 Å². The van der Waals surface area contributed by atoms with Crippen molar-refractivity contribution in [3.05, 3.63) is 0 Å². The van der Waals surface area contributed by atoms with Crippen molar-refractivity contribution >= 4 is 0 Å². The molecular formula is C16H32N2O. The minimum absolute atomic E-state index is 0.268. The summed E-state index contributed by atoms with van der Waals surface area (Å²) in [5, 5.41) is 3.78. The number of ether oxygens (including phenoxy) is 1. The molecule has 0 radical (unpaired) electrons. The van der Waals surface area contributed by atoms with Gasteiger partial charge in [-0.3, -0.25) is 4.90 Å². The monoisotopic (exact) mass is 268 g/mol. The summed E-state index contributed by atoms with van der Waals surface area (Å²) in [6.45, 7) is 9.21. The van der Waals surface area contributed by atoms with E-state index in [0.29, 0.717) is 5.54 Å². The summed E-state index contributed by atoms with van der Waals surface area (Å²) >= 11 is 0. The van der Waals surface area contributed by atoms with Crippen LogP contribution in [0.5, 0.6) is 0 Å². The van der Waals surface area contributed by atoms with Crippen LogP contribution >= 0.6 is 0 Å². The van der Waals surface area contributed by atoms with Gasteiger partial charge in [-0.05, 0) is 46.1 Å². The summed E-state index contributed by atoms with van der Waals surface area (Å²) in [4.78, 5) is 2.80. The van der Waals surface area contributed by atoms with Crippen LogP contribution < -0.4 is 5.32 Å². The first kappa shape index (κ1) is 15.3. The molecule has 0 unspecified atom stereocenters. The fourth-order valence-corrected chi connectivity index (χ4v) is 3.78. The van der Waals surface area contributed by atoms with Gasteiger partial charge in [0.2, 0.25) is 0 Å². The summed E-state index contributed by atoms with van der Waals surface area (Å²) < 4.78 is 5.18. The van der Waals surface area contributed by atoms with Gasteiger partial charge in [-0.15, -0.1) is 0 Å². The van der Waals surface area contributed by atoms with E-state index in [1.807, 2.05) is 0 Å². The largest absolute Gasteiger partial charge is 0.385 e. The third-order valence-electron chi connectivity index (χ3n) is 4.96. The van der Waals surface area contributed by atoms with E-state index in [1.165, 1.54) is 64.6 Å². The molecule has 0 amide bonds. The summed E-state index contributed by atoms with van der Waals surface area (Å²) in [5.74, 6) is 0. The second kappa shape index (κ2) is 6.55. The number of hydrogen-bond donors (Lipinski definition) is 1. The predicted octanol–water partition coefficient (Wildman–Crippen LogP) is 2.80. The average Bonchev–Trinajstić information content (AvgIpc) is 2.40. The molecule has 2 fully saturated rings. The summed E-state index contributed by atoms with van der Waals surface area (Å²) in [6, 6.07) is 0. The van der Waals surface area contributed by atoms with Gasteiger partial charge >= 0.3 is 0 Å². The van der Waals surface area contributed by atoms with E-state index in [-0.39, 0.29) is 5.54 Å². The number of methoxy groups -OCH3 is 1. The van der Waals surface area contributed by atoms with Crippen molar-refractivity contribution < 1.29 is 4.74 Å². The predicted molar refractivity (Wildman–Crippen MR) is 80.6 cm³/mol. The Morgan fingerprint density at radius 1 is 1.11 bits per heavy atom. The molecular weight excluding hydrogens is 236 g/mol. The molecule has 19 heavy (non-hydrogen) atoms. The molecule has 1 aliphatic carbocycles. The fourth-order valence-electron chi connectivity index (χ4n) is 3.78.